The Balaban J connectivity index is 1.17. The van der Waals surface area contributed by atoms with Crippen LogP contribution in [0.3, 0.4) is 0 Å². The largest absolute Gasteiger partial charge is 0.497 e. The molecular weight excluding hydrogens is 776 g/mol. The van der Waals surface area contributed by atoms with E-state index in [1.807, 2.05) is 83.9 Å². The van der Waals surface area contributed by atoms with Gasteiger partial charge < -0.3 is 19.5 Å². The summed E-state index contributed by atoms with van der Waals surface area (Å²) in [6, 6.07) is 29.4. The van der Waals surface area contributed by atoms with Gasteiger partial charge in [0.2, 0.25) is 0 Å². The molecule has 0 saturated carbocycles. The normalized spacial score (nSPS) is 20.8. The van der Waals surface area contributed by atoms with E-state index in [2.05, 4.69) is 63.5 Å². The van der Waals surface area contributed by atoms with Gasteiger partial charge in [-0.15, -0.1) is 5.10 Å². The number of halogens is 1. The van der Waals surface area contributed by atoms with Crippen molar-refractivity contribution in [3.63, 3.8) is 0 Å². The molecule has 6 aromatic rings. The summed E-state index contributed by atoms with van der Waals surface area (Å²) in [5, 5.41) is 25.1. The lowest BCUT2D eigenvalue weighted by Gasteiger charge is -2.37. The summed E-state index contributed by atoms with van der Waals surface area (Å²) in [6.07, 6.45) is 4.36. The summed E-state index contributed by atoms with van der Waals surface area (Å²) in [5.41, 5.74) is 2.48. The Bertz CT molecular complexity index is 2450. The van der Waals surface area contributed by atoms with Gasteiger partial charge in [-0.1, -0.05) is 88.8 Å². The third kappa shape index (κ3) is 6.42. The van der Waals surface area contributed by atoms with E-state index >= 15 is 4.79 Å². The molecule has 1 N–H and O–H groups in total. The number of fused-ring (bicyclic) bond motifs is 3. The average Bonchev–Trinajstić information content (AvgIpc) is 3.84. The number of carbonyl (C=O) groups excluding carboxylic acids is 1. The van der Waals surface area contributed by atoms with E-state index < -0.39 is 13.7 Å². The Morgan fingerprint density at radius 3 is 2.58 bits per heavy atom. The molecule has 0 bridgehead atoms. The molecule has 0 radical (unpaired) electrons. The molecule has 13 heteroatoms. The van der Waals surface area contributed by atoms with Crippen LogP contribution in [-0.2, 0) is 34.6 Å². The number of benzene rings is 4. The van der Waals surface area contributed by atoms with Crippen molar-refractivity contribution >= 4 is 51.6 Å². The molecule has 4 atom stereocenters. The minimum atomic E-state index is -2.36. The number of aliphatic hydroxyl groups is 1. The van der Waals surface area contributed by atoms with Crippen LogP contribution in [0.5, 0.6) is 5.75 Å². The summed E-state index contributed by atoms with van der Waals surface area (Å²) in [4.78, 5) is 30.6. The minimum Gasteiger partial charge on any atom is -0.497 e. The van der Waals surface area contributed by atoms with Crippen LogP contribution in [0.15, 0.2) is 113 Å². The Hall–Kier alpha value is -4.95. The Morgan fingerprint density at radius 1 is 1.00 bits per heavy atom. The number of anilines is 1. The molecule has 1 spiro atoms. The SMILES string of the molecule is COc1ccc([Si](C)(C)[C@H]2[C@H](CCn3cc(CCO)nn3)O[C@@]3(C(=O)N(Cc4cccc(-n5ncc6ccccc6c5=O)c4)c4ccc(Br)cc43)[C@@H]2C)cc1. The van der Waals surface area contributed by atoms with E-state index in [4.69, 9.17) is 9.47 Å². The van der Waals surface area contributed by atoms with Crippen molar-refractivity contribution in [3.05, 3.63) is 135 Å². The van der Waals surface area contributed by atoms with Gasteiger partial charge in [0, 0.05) is 47.1 Å². The lowest BCUT2D eigenvalue weighted by molar-refractivity contribution is -0.146. The molecule has 55 heavy (non-hydrogen) atoms. The molecule has 2 aliphatic heterocycles. The Morgan fingerprint density at radius 2 is 1.80 bits per heavy atom. The average molecular weight is 820 g/mol. The number of amides is 1. The van der Waals surface area contributed by atoms with Crippen molar-refractivity contribution in [2.75, 3.05) is 18.6 Å². The smallest absolute Gasteiger partial charge is 0.279 e. The predicted octanol–water partition coefficient (Wildman–Crippen LogP) is 6.14. The first-order valence-corrected chi connectivity index (χ1v) is 22.4. The number of ether oxygens (including phenoxy) is 2. The first-order chi connectivity index (χ1) is 26.5. The fraction of sp³-hybridized carbons (Fsp3) is 0.310. The zero-order chi connectivity index (χ0) is 38.5. The molecule has 0 unspecified atom stereocenters. The number of hydrogen-bond donors (Lipinski definition) is 1. The summed E-state index contributed by atoms with van der Waals surface area (Å²) in [7, 11) is -0.688. The molecular formula is C42H43BrN6O5Si. The predicted molar refractivity (Wildman–Crippen MR) is 218 cm³/mol. The Labute approximate surface area is 328 Å². The first-order valence-electron chi connectivity index (χ1n) is 18.6. The highest BCUT2D eigenvalue weighted by molar-refractivity contribution is 9.10. The van der Waals surface area contributed by atoms with Crippen LogP contribution >= 0.6 is 15.9 Å². The number of hydrogen-bond acceptors (Lipinski definition) is 8. The van der Waals surface area contributed by atoms with Crippen LogP contribution in [0.4, 0.5) is 5.69 Å². The lowest BCUT2D eigenvalue weighted by Crippen LogP contribution is -2.51. The number of aliphatic hydroxyl groups excluding tert-OH is 1. The second kappa shape index (κ2) is 14.6. The van der Waals surface area contributed by atoms with Gasteiger partial charge in [0.15, 0.2) is 5.60 Å². The van der Waals surface area contributed by atoms with Crippen molar-refractivity contribution in [3.8, 4) is 11.4 Å². The van der Waals surface area contributed by atoms with Gasteiger partial charge in [0.05, 0.1) is 56.5 Å². The van der Waals surface area contributed by atoms with Crippen molar-refractivity contribution in [2.24, 2.45) is 5.92 Å². The Kier molecular flexibility index (Phi) is 9.82. The molecule has 2 aromatic heterocycles. The standard InChI is InChI=1S/C42H43BrN6O5Si/c1-27-39(55(3,4)34-15-13-33(53-2)14-16-34)38(18-20-47-26-31(19-21-50)45-46-47)54-42(27)36-23-30(43)12-17-37(36)48(41(42)52)25-28-8-7-10-32(22-28)49-40(51)35-11-6-5-9-29(35)24-44-49/h5-17,22-24,26-27,38-39,50H,18-21,25H2,1-4H3/t27-,38+,39-,42+/m1/s1. The third-order valence-electron chi connectivity index (χ3n) is 11.6. The molecule has 8 rings (SSSR count). The number of rotatable bonds is 11. The van der Waals surface area contributed by atoms with Gasteiger partial charge in [0.1, 0.15) is 5.75 Å². The van der Waals surface area contributed by atoms with Crippen molar-refractivity contribution in [1.29, 1.82) is 0 Å². The molecule has 1 amide bonds. The minimum absolute atomic E-state index is 0.00487. The van der Waals surface area contributed by atoms with Crippen LogP contribution in [0.25, 0.3) is 16.5 Å². The topological polar surface area (TPSA) is 125 Å². The van der Waals surface area contributed by atoms with Gasteiger partial charge in [-0.05, 0) is 66.1 Å². The van der Waals surface area contributed by atoms with Gasteiger partial charge in [0.25, 0.3) is 11.5 Å². The van der Waals surface area contributed by atoms with Crippen molar-refractivity contribution in [1.82, 2.24) is 24.8 Å². The summed E-state index contributed by atoms with van der Waals surface area (Å²) in [6.45, 7) is 7.75. The summed E-state index contributed by atoms with van der Waals surface area (Å²) < 4.78 is 16.9. The first kappa shape index (κ1) is 37.0. The van der Waals surface area contributed by atoms with Gasteiger partial charge in [-0.3, -0.25) is 14.3 Å². The highest BCUT2D eigenvalue weighted by atomic mass is 79.9. The number of nitrogens with zero attached hydrogens (tertiary/aromatic N) is 6. The number of methoxy groups -OCH3 is 1. The lowest BCUT2D eigenvalue weighted by atomic mass is 9.82. The van der Waals surface area contributed by atoms with Gasteiger partial charge in [-0.25, -0.2) is 0 Å². The molecule has 1 saturated heterocycles. The zero-order valence-electron chi connectivity index (χ0n) is 31.2. The fourth-order valence-electron chi connectivity index (χ4n) is 8.89. The highest BCUT2D eigenvalue weighted by Crippen LogP contribution is 2.60. The number of aromatic nitrogens is 5. The van der Waals surface area contributed by atoms with E-state index in [1.54, 1.807) is 24.1 Å². The van der Waals surface area contributed by atoms with Crippen molar-refractivity contribution in [2.45, 2.75) is 63.2 Å². The molecule has 0 aliphatic carbocycles. The number of aryl methyl sites for hydroxylation is 1. The maximum Gasteiger partial charge on any atom is 0.279 e. The van der Waals surface area contributed by atoms with E-state index in [0.29, 0.717) is 30.5 Å². The van der Waals surface area contributed by atoms with E-state index in [1.165, 1.54) is 9.87 Å². The fourth-order valence-corrected chi connectivity index (χ4v) is 13.3. The van der Waals surface area contributed by atoms with Gasteiger partial charge >= 0.3 is 0 Å². The van der Waals surface area contributed by atoms with Crippen LogP contribution in [-0.4, -0.2) is 63.7 Å². The molecule has 11 nitrogen and oxygen atoms in total. The monoisotopic (exact) mass is 818 g/mol. The maximum absolute atomic E-state index is 15.3. The highest BCUT2D eigenvalue weighted by Gasteiger charge is 2.66. The second-order valence-corrected chi connectivity index (χ2v) is 20.7. The van der Waals surface area contributed by atoms with Crippen molar-refractivity contribution < 1.29 is 19.4 Å². The summed E-state index contributed by atoms with van der Waals surface area (Å²) in [5.74, 6) is 0.518. The molecule has 4 aromatic carbocycles. The molecule has 4 heterocycles. The van der Waals surface area contributed by atoms with Crippen LogP contribution in [0.1, 0.15) is 30.2 Å². The van der Waals surface area contributed by atoms with Crippen LogP contribution < -0.4 is 20.4 Å². The van der Waals surface area contributed by atoms with E-state index in [-0.39, 0.29) is 42.2 Å². The quantitative estimate of drug-likeness (QED) is 0.155. The third-order valence-corrected chi connectivity index (χ3v) is 16.4. The summed E-state index contributed by atoms with van der Waals surface area (Å²) >= 11 is 3.71. The molecule has 2 aliphatic rings. The zero-order valence-corrected chi connectivity index (χ0v) is 33.8. The van der Waals surface area contributed by atoms with Crippen LogP contribution in [0, 0.1) is 5.92 Å². The van der Waals surface area contributed by atoms with Crippen LogP contribution in [0.2, 0.25) is 18.6 Å². The van der Waals surface area contributed by atoms with E-state index in [0.717, 1.165) is 38.1 Å². The number of carbonyl (C=O) groups is 1. The molecule has 282 valence electrons. The maximum atomic E-state index is 15.3. The second-order valence-electron chi connectivity index (χ2n) is 15.1. The van der Waals surface area contributed by atoms with Gasteiger partial charge in [-0.2, -0.15) is 9.78 Å². The molecule has 1 fully saturated rings. The van der Waals surface area contributed by atoms with E-state index in [9.17, 15) is 9.90 Å².